The number of nitrogens with zero attached hydrogens (tertiary/aromatic N) is 2. The normalized spacial score (nSPS) is 11.3. The summed E-state index contributed by atoms with van der Waals surface area (Å²) in [5.74, 6) is 0.0833. The van der Waals surface area contributed by atoms with Crippen molar-refractivity contribution < 1.29 is 22.0 Å². The van der Waals surface area contributed by atoms with Crippen molar-refractivity contribution >= 4 is 15.8 Å². The van der Waals surface area contributed by atoms with Gasteiger partial charge in [0.15, 0.2) is 10.7 Å². The molecule has 0 fully saturated rings. The Morgan fingerprint density at radius 2 is 1.85 bits per heavy atom. The molecule has 1 heterocycles. The number of aromatic nitrogens is 1. The molecule has 8 nitrogen and oxygen atoms in total. The van der Waals surface area contributed by atoms with Crippen molar-refractivity contribution in [3.63, 3.8) is 0 Å². The van der Waals surface area contributed by atoms with Crippen LogP contribution in [-0.4, -0.2) is 18.5 Å². The van der Waals surface area contributed by atoms with Crippen LogP contribution in [0.25, 0.3) is 0 Å². The smallest absolute Gasteiger partial charge is 0.344 e. The Kier molecular flexibility index (Phi) is 3.45. The lowest BCUT2D eigenvalue weighted by Crippen LogP contribution is -2.11. The number of nitro groups is 1. The Bertz CT molecular complexity index is 728. The average molecular weight is 298 g/mol. The number of rotatable bonds is 4. The highest BCUT2D eigenvalue weighted by Crippen LogP contribution is 2.25. The molecule has 106 valence electrons. The van der Waals surface area contributed by atoms with E-state index in [0.29, 0.717) is 0 Å². The zero-order chi connectivity index (χ0) is 14.9. The van der Waals surface area contributed by atoms with E-state index in [2.05, 4.69) is 5.16 Å². The van der Waals surface area contributed by atoms with Gasteiger partial charge in [0.2, 0.25) is 0 Å². The van der Waals surface area contributed by atoms with Gasteiger partial charge < -0.3 is 8.71 Å². The first-order chi connectivity index (χ1) is 9.31. The minimum absolute atomic E-state index is 0.0319. The Morgan fingerprint density at radius 3 is 2.30 bits per heavy atom. The summed E-state index contributed by atoms with van der Waals surface area (Å²) < 4.78 is 33.8. The molecule has 20 heavy (non-hydrogen) atoms. The highest BCUT2D eigenvalue weighted by molar-refractivity contribution is 7.87. The van der Waals surface area contributed by atoms with Crippen molar-refractivity contribution in [3.05, 3.63) is 45.8 Å². The van der Waals surface area contributed by atoms with Gasteiger partial charge in [0, 0.05) is 12.1 Å². The lowest BCUT2D eigenvalue weighted by atomic mass is 10.3. The number of non-ortho nitro benzene ring substituents is 1. The zero-order valence-corrected chi connectivity index (χ0v) is 11.4. The summed E-state index contributed by atoms with van der Waals surface area (Å²) in [6.45, 7) is 2.93. The topological polar surface area (TPSA) is 113 Å². The Balaban J connectivity index is 2.31. The van der Waals surface area contributed by atoms with Crippen LogP contribution in [0.1, 0.15) is 11.5 Å². The van der Waals surface area contributed by atoms with E-state index >= 15 is 0 Å². The largest absolute Gasteiger partial charge is 0.379 e. The SMILES string of the molecule is Cc1noc(C)c1S(=O)(=O)Oc1ccc([N+](=O)[O-])cc1. The molecule has 0 aliphatic rings. The molecule has 9 heteroatoms. The van der Waals surface area contributed by atoms with Gasteiger partial charge in [-0.2, -0.15) is 8.42 Å². The fourth-order valence-corrected chi connectivity index (χ4v) is 2.86. The van der Waals surface area contributed by atoms with Gasteiger partial charge in [-0.3, -0.25) is 10.1 Å². The third kappa shape index (κ3) is 2.62. The van der Waals surface area contributed by atoms with Crippen molar-refractivity contribution in [2.24, 2.45) is 0 Å². The van der Waals surface area contributed by atoms with E-state index in [4.69, 9.17) is 8.71 Å². The molecule has 0 atom stereocenters. The molecule has 2 aromatic rings. The molecule has 2 rings (SSSR count). The minimum Gasteiger partial charge on any atom is -0.379 e. The van der Waals surface area contributed by atoms with Crippen molar-refractivity contribution in [1.29, 1.82) is 0 Å². The van der Waals surface area contributed by atoms with Crippen LogP contribution in [0.5, 0.6) is 5.75 Å². The summed E-state index contributed by atoms with van der Waals surface area (Å²) in [5.41, 5.74) is 0.0245. The van der Waals surface area contributed by atoms with Crippen LogP contribution in [0.2, 0.25) is 0 Å². The van der Waals surface area contributed by atoms with Gasteiger partial charge in [0.25, 0.3) is 5.69 Å². The first-order valence-corrected chi connectivity index (χ1v) is 6.84. The molecule has 0 unspecified atom stereocenters. The lowest BCUT2D eigenvalue weighted by molar-refractivity contribution is -0.384. The van der Waals surface area contributed by atoms with E-state index < -0.39 is 15.0 Å². The molecular weight excluding hydrogens is 288 g/mol. The second-order valence-electron chi connectivity index (χ2n) is 3.94. The van der Waals surface area contributed by atoms with E-state index in [1.165, 1.54) is 26.0 Å². The van der Waals surface area contributed by atoms with Gasteiger partial charge in [-0.1, -0.05) is 5.16 Å². The van der Waals surface area contributed by atoms with Gasteiger partial charge in [-0.25, -0.2) is 0 Å². The molecule has 0 bridgehead atoms. The second-order valence-corrected chi connectivity index (χ2v) is 5.42. The standard InChI is InChI=1S/C11H10N2O6S/c1-7-11(8(2)18-12-7)20(16,17)19-10-5-3-9(4-6-10)13(14)15/h3-6H,1-2H3. The van der Waals surface area contributed by atoms with Crippen molar-refractivity contribution in [1.82, 2.24) is 5.16 Å². The molecule has 0 spiro atoms. The molecular formula is C11H10N2O6S. The number of benzene rings is 1. The molecule has 0 radical (unpaired) electrons. The van der Waals surface area contributed by atoms with Crippen molar-refractivity contribution in [3.8, 4) is 5.75 Å². The van der Waals surface area contributed by atoms with E-state index in [0.717, 1.165) is 12.1 Å². The predicted octanol–water partition coefficient (Wildman–Crippen LogP) is 1.97. The molecule has 0 saturated heterocycles. The summed E-state index contributed by atoms with van der Waals surface area (Å²) in [4.78, 5) is 9.77. The second kappa shape index (κ2) is 4.93. The van der Waals surface area contributed by atoms with Crippen LogP contribution in [0.15, 0.2) is 33.7 Å². The van der Waals surface area contributed by atoms with Gasteiger partial charge in [0.05, 0.1) is 4.92 Å². The van der Waals surface area contributed by atoms with Gasteiger partial charge in [0.1, 0.15) is 11.4 Å². The van der Waals surface area contributed by atoms with Gasteiger partial charge in [-0.05, 0) is 26.0 Å². The molecule has 0 amide bonds. The Morgan fingerprint density at radius 1 is 1.25 bits per heavy atom. The third-order valence-corrected chi connectivity index (χ3v) is 3.97. The van der Waals surface area contributed by atoms with Crippen molar-refractivity contribution in [2.45, 2.75) is 18.7 Å². The molecule has 0 aliphatic carbocycles. The van der Waals surface area contributed by atoms with E-state index in [1.54, 1.807) is 0 Å². The maximum atomic E-state index is 12.1. The number of hydrogen-bond acceptors (Lipinski definition) is 7. The van der Waals surface area contributed by atoms with Crippen LogP contribution in [0.3, 0.4) is 0 Å². The van der Waals surface area contributed by atoms with E-state index in [-0.39, 0.29) is 27.8 Å². The highest BCUT2D eigenvalue weighted by Gasteiger charge is 2.26. The minimum atomic E-state index is -4.09. The number of hydrogen-bond donors (Lipinski definition) is 0. The zero-order valence-electron chi connectivity index (χ0n) is 10.6. The molecule has 1 aromatic heterocycles. The van der Waals surface area contributed by atoms with Crippen LogP contribution < -0.4 is 4.18 Å². The van der Waals surface area contributed by atoms with Crippen LogP contribution in [0.4, 0.5) is 5.69 Å². The average Bonchev–Trinajstić information content (AvgIpc) is 2.69. The molecule has 0 N–H and O–H groups in total. The quantitative estimate of drug-likeness (QED) is 0.481. The van der Waals surface area contributed by atoms with Crippen LogP contribution in [-0.2, 0) is 10.1 Å². The number of aryl methyl sites for hydroxylation is 2. The summed E-state index contributed by atoms with van der Waals surface area (Å²) in [6, 6.07) is 4.71. The van der Waals surface area contributed by atoms with Gasteiger partial charge >= 0.3 is 10.1 Å². The predicted molar refractivity (Wildman–Crippen MR) is 66.9 cm³/mol. The monoisotopic (exact) mass is 298 g/mol. The maximum absolute atomic E-state index is 12.1. The van der Waals surface area contributed by atoms with Gasteiger partial charge in [-0.15, -0.1) is 0 Å². The summed E-state index contributed by atoms with van der Waals surface area (Å²) in [7, 11) is -4.09. The summed E-state index contributed by atoms with van der Waals surface area (Å²) in [5, 5.41) is 14.0. The first kappa shape index (κ1) is 14.0. The molecule has 0 saturated carbocycles. The molecule has 1 aromatic carbocycles. The first-order valence-electron chi connectivity index (χ1n) is 5.43. The number of nitro benzene ring substituents is 1. The Labute approximate surface area is 114 Å². The molecule has 0 aliphatic heterocycles. The fraction of sp³-hybridized carbons (Fsp3) is 0.182. The fourth-order valence-electron chi connectivity index (χ4n) is 1.62. The Hall–Kier alpha value is -2.42. The summed E-state index contributed by atoms with van der Waals surface area (Å²) in [6.07, 6.45) is 0. The van der Waals surface area contributed by atoms with Crippen LogP contribution >= 0.6 is 0 Å². The van der Waals surface area contributed by atoms with Crippen LogP contribution in [0, 0.1) is 24.0 Å². The highest BCUT2D eigenvalue weighted by atomic mass is 32.2. The lowest BCUT2D eigenvalue weighted by Gasteiger charge is -2.05. The maximum Gasteiger partial charge on any atom is 0.344 e. The van der Waals surface area contributed by atoms with E-state index in [9.17, 15) is 18.5 Å². The third-order valence-electron chi connectivity index (χ3n) is 2.47. The van der Waals surface area contributed by atoms with E-state index in [1.807, 2.05) is 0 Å². The summed E-state index contributed by atoms with van der Waals surface area (Å²) >= 11 is 0. The van der Waals surface area contributed by atoms with Crippen molar-refractivity contribution in [2.75, 3.05) is 0 Å².